The molecular weight excluding hydrogens is 423 g/mol. The predicted molar refractivity (Wildman–Crippen MR) is 98.9 cm³/mol. The van der Waals surface area contributed by atoms with Crippen molar-refractivity contribution in [1.82, 2.24) is 9.71 Å². The third-order valence-electron chi connectivity index (χ3n) is 3.41. The van der Waals surface area contributed by atoms with E-state index in [9.17, 15) is 12.8 Å². The van der Waals surface area contributed by atoms with Crippen LogP contribution in [0.3, 0.4) is 0 Å². The minimum Gasteiger partial charge on any atom is -0.439 e. The van der Waals surface area contributed by atoms with Gasteiger partial charge in [0.2, 0.25) is 15.9 Å². The van der Waals surface area contributed by atoms with Crippen molar-refractivity contribution in [2.75, 3.05) is 0 Å². The number of hydrogen-bond donors (Lipinski definition) is 1. The van der Waals surface area contributed by atoms with Crippen molar-refractivity contribution in [3.8, 4) is 11.6 Å². The van der Waals surface area contributed by atoms with Gasteiger partial charge >= 0.3 is 0 Å². The minimum atomic E-state index is -3.61. The van der Waals surface area contributed by atoms with E-state index in [0.717, 1.165) is 4.47 Å². The van der Waals surface area contributed by atoms with E-state index in [0.29, 0.717) is 11.3 Å². The number of benzene rings is 2. The SMILES string of the molecule is O=S(=O)(NCc1ccc(Oc2cccc(F)c2)nc1)c1ccc(Br)cc1. The van der Waals surface area contributed by atoms with Gasteiger partial charge < -0.3 is 4.74 Å². The van der Waals surface area contributed by atoms with E-state index in [-0.39, 0.29) is 17.3 Å². The topological polar surface area (TPSA) is 68.3 Å². The van der Waals surface area contributed by atoms with Gasteiger partial charge in [-0.3, -0.25) is 0 Å². The molecule has 0 fully saturated rings. The molecule has 0 radical (unpaired) electrons. The van der Waals surface area contributed by atoms with Gasteiger partial charge in [-0.25, -0.2) is 22.5 Å². The van der Waals surface area contributed by atoms with Crippen LogP contribution in [0, 0.1) is 5.82 Å². The van der Waals surface area contributed by atoms with Gasteiger partial charge in [-0.05, 0) is 42.0 Å². The van der Waals surface area contributed by atoms with Gasteiger partial charge in [-0.1, -0.05) is 28.1 Å². The monoisotopic (exact) mass is 436 g/mol. The Labute approximate surface area is 159 Å². The molecule has 0 bridgehead atoms. The number of aromatic nitrogens is 1. The van der Waals surface area contributed by atoms with Gasteiger partial charge in [0.05, 0.1) is 4.90 Å². The lowest BCUT2D eigenvalue weighted by atomic mass is 10.3. The molecule has 5 nitrogen and oxygen atoms in total. The first-order valence-corrected chi connectivity index (χ1v) is 9.83. The van der Waals surface area contributed by atoms with Crippen molar-refractivity contribution in [3.63, 3.8) is 0 Å². The zero-order valence-electron chi connectivity index (χ0n) is 13.4. The molecule has 26 heavy (non-hydrogen) atoms. The molecule has 0 aliphatic heterocycles. The first-order chi connectivity index (χ1) is 12.4. The first-order valence-electron chi connectivity index (χ1n) is 7.56. The fraction of sp³-hybridized carbons (Fsp3) is 0.0556. The van der Waals surface area contributed by atoms with E-state index in [1.807, 2.05) is 0 Å². The minimum absolute atomic E-state index is 0.0889. The molecule has 134 valence electrons. The van der Waals surface area contributed by atoms with Gasteiger partial charge in [0.1, 0.15) is 11.6 Å². The molecule has 0 saturated carbocycles. The number of halogens is 2. The van der Waals surface area contributed by atoms with Crippen LogP contribution in [0.15, 0.2) is 76.2 Å². The Bertz CT molecular complexity index is 994. The highest BCUT2D eigenvalue weighted by molar-refractivity contribution is 9.10. The molecule has 0 spiro atoms. The molecule has 1 heterocycles. The summed E-state index contributed by atoms with van der Waals surface area (Å²) in [5, 5.41) is 0. The largest absolute Gasteiger partial charge is 0.439 e. The fourth-order valence-electron chi connectivity index (χ4n) is 2.10. The maximum absolute atomic E-state index is 13.1. The number of nitrogens with one attached hydrogen (secondary N) is 1. The first kappa shape index (κ1) is 18.5. The Morgan fingerprint density at radius 2 is 1.85 bits per heavy atom. The van der Waals surface area contributed by atoms with E-state index >= 15 is 0 Å². The van der Waals surface area contributed by atoms with Crippen molar-refractivity contribution in [2.24, 2.45) is 0 Å². The van der Waals surface area contributed by atoms with Gasteiger partial charge in [0, 0.05) is 29.3 Å². The lowest BCUT2D eigenvalue weighted by Crippen LogP contribution is -2.23. The predicted octanol–water partition coefficient (Wildman–Crippen LogP) is 4.25. The molecule has 0 amide bonds. The summed E-state index contributed by atoms with van der Waals surface area (Å²) in [6, 6.07) is 15.4. The highest BCUT2D eigenvalue weighted by atomic mass is 79.9. The summed E-state index contributed by atoms with van der Waals surface area (Å²) in [7, 11) is -3.61. The Kier molecular flexibility index (Phi) is 5.65. The second kappa shape index (κ2) is 7.94. The van der Waals surface area contributed by atoms with Crippen LogP contribution < -0.4 is 9.46 Å². The van der Waals surface area contributed by atoms with Crippen LogP contribution in [-0.4, -0.2) is 13.4 Å². The highest BCUT2D eigenvalue weighted by Gasteiger charge is 2.13. The molecule has 0 aliphatic carbocycles. The average Bonchev–Trinajstić information content (AvgIpc) is 2.62. The second-order valence-electron chi connectivity index (χ2n) is 5.34. The number of pyridine rings is 1. The van der Waals surface area contributed by atoms with Crippen LogP contribution in [0.4, 0.5) is 4.39 Å². The van der Waals surface area contributed by atoms with Crippen molar-refractivity contribution in [2.45, 2.75) is 11.4 Å². The Morgan fingerprint density at radius 3 is 2.50 bits per heavy atom. The quantitative estimate of drug-likeness (QED) is 0.626. The van der Waals surface area contributed by atoms with E-state index in [1.54, 1.807) is 30.3 Å². The number of ether oxygens (including phenoxy) is 1. The standard InChI is InChI=1S/C18H14BrFN2O3S/c19-14-5-7-17(8-6-14)26(23,24)22-12-13-4-9-18(21-11-13)25-16-3-1-2-15(20)10-16/h1-11,22H,12H2. The van der Waals surface area contributed by atoms with Crippen LogP contribution in [0.5, 0.6) is 11.6 Å². The summed E-state index contributed by atoms with van der Waals surface area (Å²) < 4.78 is 46.4. The smallest absolute Gasteiger partial charge is 0.240 e. The van der Waals surface area contributed by atoms with E-state index in [4.69, 9.17) is 4.74 Å². The number of rotatable bonds is 6. The Morgan fingerprint density at radius 1 is 1.08 bits per heavy atom. The van der Waals surface area contributed by atoms with Gasteiger partial charge in [0.15, 0.2) is 0 Å². The van der Waals surface area contributed by atoms with Crippen LogP contribution in [0.2, 0.25) is 0 Å². The summed E-state index contributed by atoms with van der Waals surface area (Å²) in [6.07, 6.45) is 1.50. The molecule has 0 saturated heterocycles. The number of sulfonamides is 1. The molecule has 3 rings (SSSR count). The molecule has 2 aromatic carbocycles. The highest BCUT2D eigenvalue weighted by Crippen LogP contribution is 2.20. The summed E-state index contributed by atoms with van der Waals surface area (Å²) in [5.74, 6) is 0.220. The van der Waals surface area contributed by atoms with Crippen LogP contribution in [0.1, 0.15) is 5.56 Å². The summed E-state index contributed by atoms with van der Waals surface area (Å²) in [5.41, 5.74) is 0.664. The number of nitrogens with zero attached hydrogens (tertiary/aromatic N) is 1. The fourth-order valence-corrected chi connectivity index (χ4v) is 3.38. The zero-order valence-corrected chi connectivity index (χ0v) is 15.8. The van der Waals surface area contributed by atoms with Crippen LogP contribution in [-0.2, 0) is 16.6 Å². The lowest BCUT2D eigenvalue weighted by molar-refractivity contribution is 0.457. The summed E-state index contributed by atoms with van der Waals surface area (Å²) >= 11 is 3.27. The second-order valence-corrected chi connectivity index (χ2v) is 8.03. The molecule has 0 atom stereocenters. The van der Waals surface area contributed by atoms with Gasteiger partial charge in [0.25, 0.3) is 0 Å². The van der Waals surface area contributed by atoms with E-state index in [2.05, 4.69) is 25.6 Å². The average molecular weight is 437 g/mol. The summed E-state index contributed by atoms with van der Waals surface area (Å²) in [6.45, 7) is 0.0889. The maximum atomic E-state index is 13.1. The molecular formula is C18H14BrFN2O3S. The molecule has 0 aliphatic rings. The van der Waals surface area contributed by atoms with Crippen molar-refractivity contribution in [1.29, 1.82) is 0 Å². The van der Waals surface area contributed by atoms with Gasteiger partial charge in [-0.15, -0.1) is 0 Å². The Hall–Kier alpha value is -2.29. The zero-order chi connectivity index (χ0) is 18.6. The van der Waals surface area contributed by atoms with E-state index < -0.39 is 15.8 Å². The normalized spacial score (nSPS) is 11.3. The molecule has 8 heteroatoms. The van der Waals surface area contributed by atoms with Crippen LogP contribution in [0.25, 0.3) is 0 Å². The van der Waals surface area contributed by atoms with Crippen molar-refractivity contribution < 1.29 is 17.5 Å². The maximum Gasteiger partial charge on any atom is 0.240 e. The van der Waals surface area contributed by atoms with Crippen LogP contribution >= 0.6 is 15.9 Å². The third kappa shape index (κ3) is 4.87. The molecule has 3 aromatic rings. The lowest BCUT2D eigenvalue weighted by Gasteiger charge is -2.08. The van der Waals surface area contributed by atoms with Crippen molar-refractivity contribution >= 4 is 26.0 Å². The van der Waals surface area contributed by atoms with Crippen molar-refractivity contribution in [3.05, 3.63) is 82.7 Å². The molecule has 1 aromatic heterocycles. The number of hydrogen-bond acceptors (Lipinski definition) is 4. The Balaban J connectivity index is 1.63. The molecule has 0 unspecified atom stereocenters. The summed E-state index contributed by atoms with van der Waals surface area (Å²) in [4.78, 5) is 4.28. The third-order valence-corrected chi connectivity index (χ3v) is 5.35. The molecule has 1 N–H and O–H groups in total. The van der Waals surface area contributed by atoms with Gasteiger partial charge in [-0.2, -0.15) is 0 Å². The van der Waals surface area contributed by atoms with E-state index in [1.165, 1.54) is 36.5 Å².